The molecule has 1 aliphatic heterocycles. The Hall–Kier alpha value is -2.22. The first-order chi connectivity index (χ1) is 10.6. The minimum atomic E-state index is -2.85. The third kappa shape index (κ3) is 3.33. The van der Waals surface area contributed by atoms with Gasteiger partial charge in [0.15, 0.2) is 0 Å². The second-order valence-corrected chi connectivity index (χ2v) is 4.86. The molecule has 0 saturated carbocycles. The van der Waals surface area contributed by atoms with Crippen molar-refractivity contribution >= 4 is 6.01 Å². The molecule has 1 fully saturated rings. The van der Waals surface area contributed by atoms with Gasteiger partial charge in [-0.1, -0.05) is 17.2 Å². The van der Waals surface area contributed by atoms with E-state index in [1.54, 1.807) is 19.1 Å². The highest BCUT2D eigenvalue weighted by molar-refractivity contribution is 5.33. The first-order valence-corrected chi connectivity index (χ1v) is 6.83. The fraction of sp³-hybridized carbons (Fsp3) is 0.429. The second-order valence-electron chi connectivity index (χ2n) is 4.86. The zero-order chi connectivity index (χ0) is 15.5. The number of morpholine rings is 1. The Bertz CT molecular complexity index is 635. The summed E-state index contributed by atoms with van der Waals surface area (Å²) in [4.78, 5) is 1.91. The van der Waals surface area contributed by atoms with Crippen molar-refractivity contribution in [3.8, 4) is 5.75 Å². The predicted molar refractivity (Wildman–Crippen MR) is 73.0 cm³/mol. The third-order valence-corrected chi connectivity index (χ3v) is 3.31. The molecule has 1 unspecified atom stereocenters. The van der Waals surface area contributed by atoms with Crippen molar-refractivity contribution in [1.82, 2.24) is 10.2 Å². The number of nitrogens with zero attached hydrogens (tertiary/aromatic N) is 3. The summed E-state index contributed by atoms with van der Waals surface area (Å²) in [6, 6.07) is 6.94. The number of ether oxygens (including phenoxy) is 2. The predicted octanol–water partition coefficient (Wildman–Crippen LogP) is 2.56. The molecule has 2 heterocycles. The Labute approximate surface area is 125 Å². The first kappa shape index (κ1) is 14.7. The van der Waals surface area contributed by atoms with Gasteiger partial charge in [-0.25, -0.2) is 0 Å². The first-order valence-electron chi connectivity index (χ1n) is 6.83. The number of hydrogen-bond donors (Lipinski definition) is 0. The Morgan fingerprint density at radius 2 is 2.23 bits per heavy atom. The van der Waals surface area contributed by atoms with Crippen LogP contribution in [0.5, 0.6) is 5.75 Å². The van der Waals surface area contributed by atoms with Crippen LogP contribution in [0.3, 0.4) is 0 Å². The smallest absolute Gasteiger partial charge is 0.387 e. The van der Waals surface area contributed by atoms with Crippen LogP contribution in [0.25, 0.3) is 0 Å². The summed E-state index contributed by atoms with van der Waals surface area (Å²) < 4.78 is 40.1. The van der Waals surface area contributed by atoms with Crippen molar-refractivity contribution in [1.29, 1.82) is 0 Å². The van der Waals surface area contributed by atoms with Gasteiger partial charge in [0.1, 0.15) is 11.9 Å². The molecule has 0 amide bonds. The van der Waals surface area contributed by atoms with Gasteiger partial charge in [0.05, 0.1) is 13.2 Å². The summed E-state index contributed by atoms with van der Waals surface area (Å²) in [6.45, 7) is 0.483. The molecule has 1 aliphatic rings. The van der Waals surface area contributed by atoms with Crippen molar-refractivity contribution in [2.45, 2.75) is 19.6 Å². The topological polar surface area (TPSA) is 60.6 Å². The van der Waals surface area contributed by atoms with Crippen LogP contribution in [0.2, 0.25) is 0 Å². The van der Waals surface area contributed by atoms with Gasteiger partial charge in [-0.05, 0) is 17.7 Å². The second kappa shape index (κ2) is 6.27. The molecule has 8 heteroatoms. The number of alkyl halides is 2. The van der Waals surface area contributed by atoms with Gasteiger partial charge in [0, 0.05) is 13.5 Å². The van der Waals surface area contributed by atoms with Crippen LogP contribution < -0.4 is 9.64 Å². The minimum absolute atomic E-state index is 0.113. The molecule has 22 heavy (non-hydrogen) atoms. The minimum Gasteiger partial charge on any atom is -0.435 e. The normalized spacial score (nSPS) is 18.7. The highest BCUT2D eigenvalue weighted by atomic mass is 19.3. The molecule has 118 valence electrons. The van der Waals surface area contributed by atoms with E-state index in [0.717, 1.165) is 5.56 Å². The number of hydrogen-bond acceptors (Lipinski definition) is 6. The van der Waals surface area contributed by atoms with E-state index in [4.69, 9.17) is 9.15 Å². The fourth-order valence-corrected chi connectivity index (χ4v) is 2.33. The van der Waals surface area contributed by atoms with Gasteiger partial charge >= 0.3 is 12.6 Å². The van der Waals surface area contributed by atoms with Crippen molar-refractivity contribution in [2.75, 3.05) is 24.6 Å². The van der Waals surface area contributed by atoms with E-state index in [1.807, 2.05) is 11.0 Å². The van der Waals surface area contributed by atoms with Crippen LogP contribution in [0.1, 0.15) is 17.6 Å². The molecule has 2 aromatic rings. The van der Waals surface area contributed by atoms with E-state index in [9.17, 15) is 8.78 Å². The standard InChI is InChI=1S/C14H15F2N3O3/c1-9-17-18-14(21-9)19-5-6-20-12(8-19)10-3-2-4-11(7-10)22-13(15)16/h2-4,7,12-13H,5-6,8H2,1H3. The quantitative estimate of drug-likeness (QED) is 0.865. The van der Waals surface area contributed by atoms with Crippen molar-refractivity contribution in [3.63, 3.8) is 0 Å². The molecule has 0 spiro atoms. The van der Waals surface area contributed by atoms with Crippen LogP contribution in [0.4, 0.5) is 14.8 Å². The molecule has 0 radical (unpaired) electrons. The summed E-state index contributed by atoms with van der Waals surface area (Å²) in [5.74, 6) is 0.604. The highest BCUT2D eigenvalue weighted by Gasteiger charge is 2.25. The zero-order valence-corrected chi connectivity index (χ0v) is 11.9. The summed E-state index contributed by atoms with van der Waals surface area (Å²) in [5, 5.41) is 7.79. The number of aryl methyl sites for hydroxylation is 1. The molecule has 1 atom stereocenters. The van der Waals surface area contributed by atoms with Crippen molar-refractivity contribution < 1.29 is 22.7 Å². The molecular weight excluding hydrogens is 296 g/mol. The Balaban J connectivity index is 1.74. The molecule has 6 nitrogen and oxygen atoms in total. The summed E-state index contributed by atoms with van der Waals surface area (Å²) in [5.41, 5.74) is 0.763. The van der Waals surface area contributed by atoms with Gasteiger partial charge in [-0.15, -0.1) is 5.10 Å². The molecule has 3 rings (SSSR count). The van der Waals surface area contributed by atoms with Crippen LogP contribution in [0.15, 0.2) is 28.7 Å². The largest absolute Gasteiger partial charge is 0.435 e. The van der Waals surface area contributed by atoms with E-state index in [1.165, 1.54) is 6.07 Å². The average Bonchev–Trinajstić information content (AvgIpc) is 2.94. The van der Waals surface area contributed by atoms with E-state index in [0.29, 0.717) is 31.6 Å². The third-order valence-electron chi connectivity index (χ3n) is 3.31. The number of rotatable bonds is 4. The van der Waals surface area contributed by atoms with Crippen molar-refractivity contribution in [3.05, 3.63) is 35.7 Å². The molecule has 0 N–H and O–H groups in total. The van der Waals surface area contributed by atoms with Gasteiger partial charge in [-0.3, -0.25) is 0 Å². The number of halogens is 2. The molecule has 0 bridgehead atoms. The van der Waals surface area contributed by atoms with Gasteiger partial charge in [0.2, 0.25) is 5.89 Å². The van der Waals surface area contributed by atoms with Crippen LogP contribution in [0, 0.1) is 6.92 Å². The summed E-state index contributed by atoms with van der Waals surface area (Å²) in [6.07, 6.45) is -0.276. The Kier molecular flexibility index (Phi) is 4.19. The summed E-state index contributed by atoms with van der Waals surface area (Å²) in [7, 11) is 0. The maximum atomic E-state index is 12.3. The number of aromatic nitrogens is 2. The van der Waals surface area contributed by atoms with Gasteiger partial charge < -0.3 is 18.8 Å². The van der Waals surface area contributed by atoms with Crippen LogP contribution >= 0.6 is 0 Å². The lowest BCUT2D eigenvalue weighted by Gasteiger charge is -2.31. The Morgan fingerprint density at radius 3 is 2.95 bits per heavy atom. The lowest BCUT2D eigenvalue weighted by Crippen LogP contribution is -2.38. The average molecular weight is 311 g/mol. The van der Waals surface area contributed by atoms with Crippen LogP contribution in [-0.2, 0) is 4.74 Å². The van der Waals surface area contributed by atoms with E-state index < -0.39 is 6.61 Å². The zero-order valence-electron chi connectivity index (χ0n) is 11.9. The van der Waals surface area contributed by atoms with Gasteiger partial charge in [0.25, 0.3) is 0 Å². The van der Waals surface area contributed by atoms with E-state index in [2.05, 4.69) is 14.9 Å². The Morgan fingerprint density at radius 1 is 1.36 bits per heavy atom. The van der Waals surface area contributed by atoms with Gasteiger partial charge in [-0.2, -0.15) is 8.78 Å². The maximum Gasteiger partial charge on any atom is 0.387 e. The molecule has 1 aromatic carbocycles. The molecule has 1 saturated heterocycles. The lowest BCUT2D eigenvalue weighted by atomic mass is 10.1. The molecular formula is C14H15F2N3O3. The molecule has 1 aromatic heterocycles. The fourth-order valence-electron chi connectivity index (χ4n) is 2.33. The van der Waals surface area contributed by atoms with Crippen LogP contribution in [-0.4, -0.2) is 36.5 Å². The number of anilines is 1. The maximum absolute atomic E-state index is 12.3. The van der Waals surface area contributed by atoms with E-state index in [-0.39, 0.29) is 11.9 Å². The monoisotopic (exact) mass is 311 g/mol. The lowest BCUT2D eigenvalue weighted by molar-refractivity contribution is -0.0501. The summed E-state index contributed by atoms with van der Waals surface area (Å²) >= 11 is 0. The highest BCUT2D eigenvalue weighted by Crippen LogP contribution is 2.28. The number of benzene rings is 1. The SMILES string of the molecule is Cc1nnc(N2CCOC(c3cccc(OC(F)F)c3)C2)o1. The van der Waals surface area contributed by atoms with Crippen molar-refractivity contribution in [2.24, 2.45) is 0 Å². The molecule has 0 aliphatic carbocycles. The van der Waals surface area contributed by atoms with E-state index >= 15 is 0 Å².